The van der Waals surface area contributed by atoms with E-state index in [-0.39, 0.29) is 24.4 Å². The molecule has 1 aromatic carbocycles. The average Bonchev–Trinajstić information content (AvgIpc) is 3.00. The third-order valence-corrected chi connectivity index (χ3v) is 4.23. The van der Waals surface area contributed by atoms with E-state index < -0.39 is 0 Å². The van der Waals surface area contributed by atoms with E-state index in [0.717, 1.165) is 30.7 Å². The highest BCUT2D eigenvalue weighted by Gasteiger charge is 2.22. The number of nitrogens with one attached hydrogen (secondary N) is 2. The Bertz CT molecular complexity index is 502. The van der Waals surface area contributed by atoms with Crippen LogP contribution in [0.5, 0.6) is 5.75 Å². The highest BCUT2D eigenvalue weighted by molar-refractivity contribution is 5.85. The fraction of sp³-hybridized carbons (Fsp3) is 0.632. The van der Waals surface area contributed by atoms with Crippen LogP contribution in [0.3, 0.4) is 0 Å². The molecule has 136 valence electrons. The fourth-order valence-electron chi connectivity index (χ4n) is 3.20. The summed E-state index contributed by atoms with van der Waals surface area (Å²) in [5.41, 5.74) is 1.08. The molecule has 2 rings (SSSR count). The molecule has 1 heterocycles. The molecule has 0 spiro atoms. The van der Waals surface area contributed by atoms with Gasteiger partial charge in [-0.25, -0.2) is 0 Å². The maximum Gasteiger partial charge on any atom is 0.222 e. The summed E-state index contributed by atoms with van der Waals surface area (Å²) in [5, 5.41) is 6.62. The molecule has 0 aliphatic carbocycles. The molecular formula is C19H31ClN2O2. The van der Waals surface area contributed by atoms with E-state index >= 15 is 0 Å². The summed E-state index contributed by atoms with van der Waals surface area (Å²) in [7, 11) is 0. The molecule has 24 heavy (non-hydrogen) atoms. The van der Waals surface area contributed by atoms with Crippen LogP contribution in [0.25, 0.3) is 0 Å². The monoisotopic (exact) mass is 354 g/mol. The normalized spacial score (nSPS) is 18.1. The zero-order chi connectivity index (χ0) is 16.7. The van der Waals surface area contributed by atoms with E-state index in [1.54, 1.807) is 0 Å². The zero-order valence-corrected chi connectivity index (χ0v) is 15.8. The Morgan fingerprint density at radius 2 is 2.12 bits per heavy atom. The van der Waals surface area contributed by atoms with Gasteiger partial charge in [-0.05, 0) is 44.7 Å². The van der Waals surface area contributed by atoms with Gasteiger partial charge in [0.15, 0.2) is 0 Å². The first kappa shape index (κ1) is 20.8. The van der Waals surface area contributed by atoms with Gasteiger partial charge in [0.25, 0.3) is 0 Å². The molecule has 0 aromatic heterocycles. The van der Waals surface area contributed by atoms with E-state index in [1.165, 1.54) is 6.42 Å². The highest BCUT2D eigenvalue weighted by atomic mass is 35.5. The molecule has 0 saturated carbocycles. The van der Waals surface area contributed by atoms with Crippen molar-refractivity contribution in [1.29, 1.82) is 0 Å². The first-order valence-corrected chi connectivity index (χ1v) is 8.84. The Hall–Kier alpha value is -1.26. The minimum absolute atomic E-state index is 0. The van der Waals surface area contributed by atoms with E-state index in [1.807, 2.05) is 25.1 Å². The summed E-state index contributed by atoms with van der Waals surface area (Å²) in [5.74, 6) is 1.50. The molecule has 1 aromatic rings. The predicted octanol–water partition coefficient (Wildman–Crippen LogP) is 3.85. The van der Waals surface area contributed by atoms with Crippen LogP contribution >= 0.6 is 12.4 Å². The smallest absolute Gasteiger partial charge is 0.222 e. The summed E-state index contributed by atoms with van der Waals surface area (Å²) in [6, 6.07) is 8.37. The first-order valence-electron chi connectivity index (χ1n) is 8.84. The van der Waals surface area contributed by atoms with Gasteiger partial charge < -0.3 is 15.4 Å². The van der Waals surface area contributed by atoms with Crippen molar-refractivity contribution in [1.82, 2.24) is 10.6 Å². The molecule has 2 atom stereocenters. The van der Waals surface area contributed by atoms with Crippen molar-refractivity contribution in [2.45, 2.75) is 58.5 Å². The standard InChI is InChI=1S/C19H30N2O2.ClH/c1-4-23-18-10-6-5-9-16(18)17(12-14(2)3)21-19(22)13-15-8-7-11-20-15;/h5-6,9-10,14-15,17,20H,4,7-8,11-13H2,1-3H3,(H,21,22);1H. The summed E-state index contributed by atoms with van der Waals surface area (Å²) in [6.45, 7) is 8.01. The lowest BCUT2D eigenvalue weighted by Gasteiger charge is -2.24. The molecule has 2 N–H and O–H groups in total. The number of benzene rings is 1. The lowest BCUT2D eigenvalue weighted by molar-refractivity contribution is -0.122. The van der Waals surface area contributed by atoms with E-state index in [4.69, 9.17) is 4.74 Å². The van der Waals surface area contributed by atoms with Crippen molar-refractivity contribution in [2.24, 2.45) is 5.92 Å². The van der Waals surface area contributed by atoms with Gasteiger partial charge in [0.2, 0.25) is 5.91 Å². The van der Waals surface area contributed by atoms with Gasteiger partial charge in [0.05, 0.1) is 12.6 Å². The van der Waals surface area contributed by atoms with Gasteiger partial charge in [0, 0.05) is 18.0 Å². The van der Waals surface area contributed by atoms with Crippen molar-refractivity contribution in [2.75, 3.05) is 13.2 Å². The van der Waals surface area contributed by atoms with Crippen LogP contribution in [0.15, 0.2) is 24.3 Å². The van der Waals surface area contributed by atoms with Crippen molar-refractivity contribution >= 4 is 18.3 Å². The van der Waals surface area contributed by atoms with Crippen molar-refractivity contribution in [3.63, 3.8) is 0 Å². The summed E-state index contributed by atoms with van der Waals surface area (Å²) >= 11 is 0. The van der Waals surface area contributed by atoms with Gasteiger partial charge >= 0.3 is 0 Å². The Morgan fingerprint density at radius 1 is 1.38 bits per heavy atom. The summed E-state index contributed by atoms with van der Waals surface area (Å²) < 4.78 is 5.75. The van der Waals surface area contributed by atoms with Gasteiger partial charge in [-0.15, -0.1) is 12.4 Å². The lowest BCUT2D eigenvalue weighted by atomic mass is 9.96. The molecule has 0 bridgehead atoms. The number of halogens is 1. The topological polar surface area (TPSA) is 50.4 Å². The molecule has 5 heteroatoms. The third kappa shape index (κ3) is 6.33. The molecular weight excluding hydrogens is 324 g/mol. The number of hydrogen-bond donors (Lipinski definition) is 2. The van der Waals surface area contributed by atoms with Gasteiger partial charge in [-0.3, -0.25) is 4.79 Å². The van der Waals surface area contributed by atoms with Crippen LogP contribution in [0, 0.1) is 5.92 Å². The second kappa shape index (κ2) is 10.6. The molecule has 2 unspecified atom stereocenters. The van der Waals surface area contributed by atoms with Crippen LogP contribution in [-0.2, 0) is 4.79 Å². The molecule has 1 amide bonds. The average molecular weight is 355 g/mol. The van der Waals surface area contributed by atoms with Crippen LogP contribution < -0.4 is 15.4 Å². The number of carbonyl (C=O) groups excluding carboxylic acids is 1. The quantitative estimate of drug-likeness (QED) is 0.745. The number of ether oxygens (including phenoxy) is 1. The van der Waals surface area contributed by atoms with Gasteiger partial charge in [-0.2, -0.15) is 0 Å². The second-order valence-electron chi connectivity index (χ2n) is 6.72. The Kier molecular flexibility index (Phi) is 9.16. The molecule has 1 fully saturated rings. The minimum atomic E-state index is 0. The van der Waals surface area contributed by atoms with Gasteiger partial charge in [-0.1, -0.05) is 32.0 Å². The van der Waals surface area contributed by atoms with Crippen molar-refractivity contribution in [3.05, 3.63) is 29.8 Å². The molecule has 1 aliphatic heterocycles. The highest BCUT2D eigenvalue weighted by Crippen LogP contribution is 2.29. The second-order valence-corrected chi connectivity index (χ2v) is 6.72. The summed E-state index contributed by atoms with van der Waals surface area (Å²) in [4.78, 5) is 12.4. The Balaban J connectivity index is 0.00000288. The van der Waals surface area contributed by atoms with E-state index in [0.29, 0.717) is 25.0 Å². The van der Waals surface area contributed by atoms with Crippen molar-refractivity contribution in [3.8, 4) is 5.75 Å². The molecule has 4 nitrogen and oxygen atoms in total. The zero-order valence-electron chi connectivity index (χ0n) is 15.0. The summed E-state index contributed by atoms with van der Waals surface area (Å²) in [6.07, 6.45) is 3.73. The SMILES string of the molecule is CCOc1ccccc1C(CC(C)C)NC(=O)CC1CCCN1.Cl. The number of para-hydroxylation sites is 1. The number of carbonyl (C=O) groups is 1. The predicted molar refractivity (Wildman–Crippen MR) is 101 cm³/mol. The lowest BCUT2D eigenvalue weighted by Crippen LogP contribution is -2.34. The minimum Gasteiger partial charge on any atom is -0.494 e. The molecule has 1 aliphatic rings. The maximum atomic E-state index is 12.4. The van der Waals surface area contributed by atoms with E-state index in [9.17, 15) is 4.79 Å². The first-order chi connectivity index (χ1) is 11.1. The molecule has 1 saturated heterocycles. The maximum absolute atomic E-state index is 12.4. The molecule has 0 radical (unpaired) electrons. The van der Waals surface area contributed by atoms with E-state index in [2.05, 4.69) is 30.5 Å². The van der Waals surface area contributed by atoms with Crippen LogP contribution in [-0.4, -0.2) is 25.1 Å². The number of rotatable bonds is 8. The van der Waals surface area contributed by atoms with Crippen LogP contribution in [0.4, 0.5) is 0 Å². The number of hydrogen-bond acceptors (Lipinski definition) is 3. The largest absolute Gasteiger partial charge is 0.494 e. The van der Waals surface area contributed by atoms with Crippen LogP contribution in [0.2, 0.25) is 0 Å². The fourth-order valence-corrected chi connectivity index (χ4v) is 3.20. The third-order valence-electron chi connectivity index (χ3n) is 4.23. The van der Waals surface area contributed by atoms with Crippen molar-refractivity contribution < 1.29 is 9.53 Å². The van der Waals surface area contributed by atoms with Gasteiger partial charge in [0.1, 0.15) is 5.75 Å². The Labute approximate surface area is 152 Å². The number of amides is 1. The Morgan fingerprint density at radius 3 is 2.75 bits per heavy atom. The van der Waals surface area contributed by atoms with Crippen LogP contribution in [0.1, 0.15) is 58.1 Å².